The molecule has 0 saturated carbocycles. The number of nitrogens with zero attached hydrogens (tertiary/aromatic N) is 7. The van der Waals surface area contributed by atoms with Crippen molar-refractivity contribution in [3.8, 4) is 6.07 Å². The van der Waals surface area contributed by atoms with Gasteiger partial charge in [0.05, 0.1) is 36.8 Å². The van der Waals surface area contributed by atoms with Crippen molar-refractivity contribution in [3.63, 3.8) is 0 Å². The van der Waals surface area contributed by atoms with Gasteiger partial charge in [-0.3, -0.25) is 4.99 Å². The third-order valence-corrected chi connectivity index (χ3v) is 7.84. The van der Waals surface area contributed by atoms with Crippen LogP contribution in [0.3, 0.4) is 0 Å². The molecule has 0 unspecified atom stereocenters. The van der Waals surface area contributed by atoms with E-state index in [1.165, 1.54) is 0 Å². The number of pyridine rings is 1. The predicted octanol–water partition coefficient (Wildman–Crippen LogP) is 1.79. The van der Waals surface area contributed by atoms with Gasteiger partial charge >= 0.3 is 0 Å². The van der Waals surface area contributed by atoms with Crippen LogP contribution >= 0.6 is 0 Å². The summed E-state index contributed by atoms with van der Waals surface area (Å²) in [6.07, 6.45) is 7.55. The van der Waals surface area contributed by atoms with Crippen molar-refractivity contribution >= 4 is 17.3 Å². The second-order valence-electron chi connectivity index (χ2n) is 9.58. The van der Waals surface area contributed by atoms with Crippen LogP contribution in [0.5, 0.6) is 0 Å². The zero-order chi connectivity index (χ0) is 22.6. The van der Waals surface area contributed by atoms with Gasteiger partial charge in [0.2, 0.25) is 0 Å². The van der Waals surface area contributed by atoms with Crippen LogP contribution in [0.15, 0.2) is 23.5 Å². The molecule has 2 atom stereocenters. The molecule has 0 amide bonds. The number of hydrogen-bond donors (Lipinski definition) is 1. The first-order valence-electron chi connectivity index (χ1n) is 11.8. The van der Waals surface area contributed by atoms with Crippen LogP contribution in [-0.2, 0) is 17.7 Å². The zero-order valence-corrected chi connectivity index (χ0v) is 18.9. The number of hydrogen-bond acceptors (Lipinski definition) is 9. The Kier molecular flexibility index (Phi) is 4.82. The molecular weight excluding hydrogens is 416 g/mol. The fourth-order valence-electron chi connectivity index (χ4n) is 5.79. The summed E-state index contributed by atoms with van der Waals surface area (Å²) in [7, 11) is 0. The van der Waals surface area contributed by atoms with Gasteiger partial charge in [0.25, 0.3) is 0 Å². The molecular formula is C24H28N8O. The van der Waals surface area contributed by atoms with Gasteiger partial charge in [0, 0.05) is 42.9 Å². The number of aliphatic imine (C=N–C) groups is 1. The number of aromatic nitrogens is 3. The van der Waals surface area contributed by atoms with Gasteiger partial charge in [0.15, 0.2) is 5.84 Å². The Labute approximate surface area is 193 Å². The molecule has 2 saturated heterocycles. The highest BCUT2D eigenvalue weighted by atomic mass is 16.5. The Bertz CT molecular complexity index is 1160. The molecule has 0 bridgehead atoms. The smallest absolute Gasteiger partial charge is 0.156 e. The maximum absolute atomic E-state index is 9.45. The normalized spacial score (nSPS) is 25.5. The Morgan fingerprint density at radius 2 is 2.09 bits per heavy atom. The number of nitrogens with two attached hydrogens (primary N) is 1. The lowest BCUT2D eigenvalue weighted by molar-refractivity contribution is 0.0974. The van der Waals surface area contributed by atoms with Crippen LogP contribution in [0.25, 0.3) is 0 Å². The summed E-state index contributed by atoms with van der Waals surface area (Å²) in [5.74, 6) is 1.76. The molecule has 6 heterocycles. The molecule has 170 valence electrons. The molecule has 0 radical (unpaired) electrons. The summed E-state index contributed by atoms with van der Waals surface area (Å²) in [6, 6.07) is 4.30. The van der Waals surface area contributed by atoms with Crippen LogP contribution in [0.4, 0.5) is 11.5 Å². The van der Waals surface area contributed by atoms with E-state index in [1.54, 1.807) is 6.20 Å². The van der Waals surface area contributed by atoms with Crippen molar-refractivity contribution < 1.29 is 4.74 Å². The van der Waals surface area contributed by atoms with Crippen LogP contribution in [-0.4, -0.2) is 59.2 Å². The Morgan fingerprint density at radius 1 is 1.24 bits per heavy atom. The molecule has 4 aliphatic rings. The number of amidine groups is 1. The molecule has 6 rings (SSSR count). The standard InChI is InChI=1S/C24H28N8O/c1-15-22(26)24(14-33-15)5-9-31(10-6-24)20-13-28-21-18(30-20)12-29-23(21)32-8-2-3-16-17(11-25)27-7-4-19(16)32/h4,7,13,15,22H,2-3,5-6,8-10,12,14,26H2,1H3/t15-,22+/m0/s1. The maximum atomic E-state index is 9.45. The Balaban J connectivity index is 1.22. The van der Waals surface area contributed by atoms with Gasteiger partial charge in [-0.25, -0.2) is 15.0 Å². The average Bonchev–Trinajstić information content (AvgIpc) is 3.40. The highest BCUT2D eigenvalue weighted by Gasteiger charge is 2.47. The lowest BCUT2D eigenvalue weighted by Crippen LogP contribution is -2.50. The average molecular weight is 445 g/mol. The summed E-state index contributed by atoms with van der Waals surface area (Å²) in [5, 5.41) is 9.45. The summed E-state index contributed by atoms with van der Waals surface area (Å²) in [6.45, 7) is 6.03. The predicted molar refractivity (Wildman–Crippen MR) is 124 cm³/mol. The minimum atomic E-state index is 0.0924. The van der Waals surface area contributed by atoms with Crippen molar-refractivity contribution in [1.29, 1.82) is 5.26 Å². The number of ether oxygens (including phenoxy) is 1. The zero-order valence-electron chi connectivity index (χ0n) is 18.9. The molecule has 1 spiro atoms. The summed E-state index contributed by atoms with van der Waals surface area (Å²) in [4.78, 5) is 23.3. The molecule has 9 nitrogen and oxygen atoms in total. The lowest BCUT2D eigenvalue weighted by Gasteiger charge is -2.41. The highest BCUT2D eigenvalue weighted by molar-refractivity contribution is 6.11. The Morgan fingerprint density at radius 3 is 2.85 bits per heavy atom. The van der Waals surface area contributed by atoms with Crippen LogP contribution in [0.1, 0.15) is 48.8 Å². The van der Waals surface area contributed by atoms with Gasteiger partial charge in [-0.2, -0.15) is 5.26 Å². The minimum absolute atomic E-state index is 0.0924. The van der Waals surface area contributed by atoms with E-state index in [4.69, 9.17) is 25.4 Å². The van der Waals surface area contributed by atoms with Crippen molar-refractivity contribution in [3.05, 3.63) is 41.1 Å². The van der Waals surface area contributed by atoms with Crippen molar-refractivity contribution in [2.45, 2.75) is 51.3 Å². The van der Waals surface area contributed by atoms with Gasteiger partial charge in [-0.1, -0.05) is 0 Å². The maximum Gasteiger partial charge on any atom is 0.156 e. The van der Waals surface area contributed by atoms with Crippen LogP contribution < -0.4 is 15.5 Å². The fraction of sp³-hybridized carbons (Fsp3) is 0.542. The topological polar surface area (TPSA) is 117 Å². The van der Waals surface area contributed by atoms with Gasteiger partial charge in [-0.05, 0) is 38.7 Å². The first-order valence-corrected chi connectivity index (χ1v) is 11.8. The monoisotopic (exact) mass is 444 g/mol. The summed E-state index contributed by atoms with van der Waals surface area (Å²) >= 11 is 0. The molecule has 2 aromatic rings. The van der Waals surface area contributed by atoms with E-state index in [9.17, 15) is 5.26 Å². The third-order valence-electron chi connectivity index (χ3n) is 7.84. The largest absolute Gasteiger partial charge is 0.376 e. The second-order valence-corrected chi connectivity index (χ2v) is 9.58. The SMILES string of the molecule is C[C@@H]1OCC2(CCN(c3cnc4c(n3)CN=C4N3CCCc4c3ccnc4C#N)CC2)[C@@H]1N. The number of rotatable bonds is 1. The molecule has 0 aromatic carbocycles. The van der Waals surface area contributed by atoms with E-state index in [0.29, 0.717) is 12.2 Å². The molecule has 2 N–H and O–H groups in total. The van der Waals surface area contributed by atoms with E-state index in [-0.39, 0.29) is 17.6 Å². The fourth-order valence-corrected chi connectivity index (χ4v) is 5.79. The number of piperidine rings is 1. The minimum Gasteiger partial charge on any atom is -0.376 e. The van der Waals surface area contributed by atoms with Gasteiger partial charge in [0.1, 0.15) is 23.3 Å². The number of fused-ring (bicyclic) bond motifs is 2. The summed E-state index contributed by atoms with van der Waals surface area (Å²) < 4.78 is 5.86. The van der Waals surface area contributed by atoms with Crippen molar-refractivity contribution in [1.82, 2.24) is 15.0 Å². The van der Waals surface area contributed by atoms with Crippen molar-refractivity contribution in [2.24, 2.45) is 16.1 Å². The molecule has 33 heavy (non-hydrogen) atoms. The van der Waals surface area contributed by atoms with E-state index in [0.717, 1.165) is 86.2 Å². The molecule has 0 aliphatic carbocycles. The van der Waals surface area contributed by atoms with Crippen molar-refractivity contribution in [2.75, 3.05) is 36.0 Å². The third kappa shape index (κ3) is 3.20. The molecule has 4 aliphatic heterocycles. The van der Waals surface area contributed by atoms with Crippen LogP contribution in [0, 0.1) is 16.7 Å². The van der Waals surface area contributed by atoms with E-state index in [2.05, 4.69) is 27.8 Å². The highest BCUT2D eigenvalue weighted by Crippen LogP contribution is 2.42. The molecule has 9 heteroatoms. The van der Waals surface area contributed by atoms with Gasteiger partial charge in [-0.15, -0.1) is 0 Å². The summed E-state index contributed by atoms with van der Waals surface area (Å²) in [5.41, 5.74) is 10.8. The first-order chi connectivity index (χ1) is 16.1. The van der Waals surface area contributed by atoms with E-state index in [1.807, 2.05) is 12.3 Å². The molecule has 2 aromatic heterocycles. The lowest BCUT2D eigenvalue weighted by atomic mass is 9.73. The Hall–Kier alpha value is -3.09. The first kappa shape index (κ1) is 20.5. The second kappa shape index (κ2) is 7.75. The van der Waals surface area contributed by atoms with E-state index < -0.39 is 0 Å². The van der Waals surface area contributed by atoms with Crippen LogP contribution in [0.2, 0.25) is 0 Å². The quantitative estimate of drug-likeness (QED) is 0.708. The number of nitriles is 1. The van der Waals surface area contributed by atoms with Gasteiger partial charge < -0.3 is 20.3 Å². The molecule has 2 fully saturated rings. The van der Waals surface area contributed by atoms with E-state index >= 15 is 0 Å². The number of anilines is 2.